The summed E-state index contributed by atoms with van der Waals surface area (Å²) in [5, 5.41) is 4.64. The fourth-order valence-electron chi connectivity index (χ4n) is 5.65. The highest BCUT2D eigenvalue weighted by Crippen LogP contribution is 2.33. The number of benzene rings is 1. The van der Waals surface area contributed by atoms with Crippen LogP contribution in [0.4, 0.5) is 13.2 Å². The first-order valence-corrected chi connectivity index (χ1v) is 15.0. The molecule has 3 N–H and O–H groups in total. The van der Waals surface area contributed by atoms with E-state index in [1.54, 1.807) is 0 Å². The molecule has 9 nitrogen and oxygen atoms in total. The Balaban J connectivity index is 1.34. The maximum absolute atomic E-state index is 13.4. The van der Waals surface area contributed by atoms with Crippen LogP contribution in [-0.2, 0) is 37.1 Å². The molecule has 4 atom stereocenters. The van der Waals surface area contributed by atoms with Gasteiger partial charge in [0.2, 0.25) is 27.7 Å². The zero-order valence-electron chi connectivity index (χ0n) is 21.6. The molecule has 2 aliphatic heterocycles. The summed E-state index contributed by atoms with van der Waals surface area (Å²) in [6, 6.07) is 2.99. The Labute approximate surface area is 226 Å². The highest BCUT2D eigenvalue weighted by molar-refractivity contribution is 7.90. The first-order chi connectivity index (χ1) is 18.5. The Morgan fingerprint density at radius 3 is 2.46 bits per heavy atom. The Bertz CT molecular complexity index is 1160. The fourth-order valence-corrected chi connectivity index (χ4v) is 7.43. The van der Waals surface area contributed by atoms with Gasteiger partial charge in [-0.15, -0.1) is 0 Å². The number of nitrogens with one attached hydrogen (secondary N) is 3. The molecular weight excluding hydrogens is 537 g/mol. The molecule has 1 saturated carbocycles. The van der Waals surface area contributed by atoms with E-state index >= 15 is 0 Å². The number of likely N-dealkylation sites (tertiary alicyclic amines) is 1. The van der Waals surface area contributed by atoms with E-state index in [1.807, 2.05) is 0 Å². The summed E-state index contributed by atoms with van der Waals surface area (Å²) >= 11 is 0. The lowest BCUT2D eigenvalue weighted by atomic mass is 9.87. The van der Waals surface area contributed by atoms with Crippen LogP contribution in [0.3, 0.4) is 0 Å². The molecule has 0 spiro atoms. The average molecular weight is 573 g/mol. The summed E-state index contributed by atoms with van der Waals surface area (Å²) in [5.41, 5.74) is -0.270. The van der Waals surface area contributed by atoms with Crippen LogP contribution in [-0.4, -0.2) is 61.5 Å². The summed E-state index contributed by atoms with van der Waals surface area (Å²) in [6.07, 6.45) is 0.162. The predicted molar refractivity (Wildman–Crippen MR) is 136 cm³/mol. The minimum absolute atomic E-state index is 0.0274. The summed E-state index contributed by atoms with van der Waals surface area (Å²) < 4.78 is 67.1. The molecule has 0 aromatic heterocycles. The van der Waals surface area contributed by atoms with Crippen molar-refractivity contribution in [3.8, 4) is 0 Å². The van der Waals surface area contributed by atoms with E-state index < -0.39 is 45.0 Å². The smallest absolute Gasteiger partial charge is 0.355 e. The maximum atomic E-state index is 13.4. The predicted octanol–water partition coefficient (Wildman–Crippen LogP) is 2.46. The van der Waals surface area contributed by atoms with Gasteiger partial charge in [-0.1, -0.05) is 18.6 Å². The number of amides is 3. The Morgan fingerprint density at radius 1 is 1.00 bits per heavy atom. The van der Waals surface area contributed by atoms with Crippen molar-refractivity contribution in [3.63, 3.8) is 0 Å². The Morgan fingerprint density at radius 2 is 1.74 bits per heavy atom. The number of sulfonamides is 1. The fraction of sp³-hybridized carbons (Fsp3) is 0.654. The molecule has 4 rings (SSSR count). The van der Waals surface area contributed by atoms with Gasteiger partial charge in [0.15, 0.2) is 0 Å². The van der Waals surface area contributed by atoms with Crippen LogP contribution in [0.2, 0.25) is 0 Å². The van der Waals surface area contributed by atoms with Gasteiger partial charge in [-0.25, -0.2) is 13.1 Å². The van der Waals surface area contributed by atoms with Crippen LogP contribution in [0.25, 0.3) is 0 Å². The molecule has 13 heteroatoms. The number of hydrogen-bond acceptors (Lipinski definition) is 5. The van der Waals surface area contributed by atoms with Crippen LogP contribution in [0.1, 0.15) is 68.9 Å². The number of rotatable bonds is 7. The van der Waals surface area contributed by atoms with Gasteiger partial charge in [0, 0.05) is 25.6 Å². The molecule has 3 amide bonds. The second kappa shape index (κ2) is 12.2. The molecule has 0 bridgehead atoms. The molecule has 2 unspecified atom stereocenters. The lowest BCUT2D eigenvalue weighted by molar-refractivity contribution is -0.142. The average Bonchev–Trinajstić information content (AvgIpc) is 3.32. The minimum atomic E-state index is -4.44. The molecule has 39 heavy (non-hydrogen) atoms. The zero-order valence-corrected chi connectivity index (χ0v) is 22.5. The zero-order chi connectivity index (χ0) is 28.2. The van der Waals surface area contributed by atoms with E-state index in [-0.39, 0.29) is 30.7 Å². The van der Waals surface area contributed by atoms with Crippen molar-refractivity contribution in [1.29, 1.82) is 0 Å². The SMILES string of the molecule is O=C1NCCCCC1NS(=O)(=O)C1CCC[C@H](C(=O)N2CCC[C@@H]2C(=O)NCc2ccc(C(F)(F)F)cc2)C1. The van der Waals surface area contributed by atoms with Crippen molar-refractivity contribution >= 4 is 27.7 Å². The Kier molecular flexibility index (Phi) is 9.20. The third-order valence-corrected chi connectivity index (χ3v) is 9.76. The quantitative estimate of drug-likeness (QED) is 0.463. The van der Waals surface area contributed by atoms with Crippen LogP contribution < -0.4 is 15.4 Å². The van der Waals surface area contributed by atoms with Gasteiger partial charge in [0.25, 0.3) is 0 Å². The van der Waals surface area contributed by atoms with Gasteiger partial charge in [0.05, 0.1) is 10.8 Å². The van der Waals surface area contributed by atoms with Gasteiger partial charge < -0.3 is 15.5 Å². The van der Waals surface area contributed by atoms with Crippen molar-refractivity contribution < 1.29 is 36.0 Å². The van der Waals surface area contributed by atoms with E-state index in [2.05, 4.69) is 15.4 Å². The van der Waals surface area contributed by atoms with Gasteiger partial charge >= 0.3 is 6.18 Å². The molecule has 2 heterocycles. The molecule has 3 aliphatic rings. The molecule has 0 radical (unpaired) electrons. The van der Waals surface area contributed by atoms with Crippen molar-refractivity contribution in [2.24, 2.45) is 5.92 Å². The van der Waals surface area contributed by atoms with Crippen molar-refractivity contribution in [2.45, 2.75) is 87.8 Å². The summed E-state index contributed by atoms with van der Waals surface area (Å²) in [7, 11) is -3.83. The summed E-state index contributed by atoms with van der Waals surface area (Å²) in [5.74, 6) is -1.52. The summed E-state index contributed by atoms with van der Waals surface area (Å²) in [4.78, 5) is 40.1. The Hall–Kier alpha value is -2.67. The van der Waals surface area contributed by atoms with Gasteiger partial charge in [-0.05, 0) is 69.1 Å². The molecule has 1 aromatic carbocycles. The molecule has 2 saturated heterocycles. The van der Waals surface area contributed by atoms with Crippen molar-refractivity contribution in [3.05, 3.63) is 35.4 Å². The lowest BCUT2D eigenvalue weighted by Crippen LogP contribution is -2.51. The highest BCUT2D eigenvalue weighted by atomic mass is 32.2. The number of nitrogens with zero attached hydrogens (tertiary/aromatic N) is 1. The number of halogens is 3. The molecule has 216 valence electrons. The standard InChI is InChI=1S/C26H35F3N4O5S/c27-26(28,29)19-11-9-17(10-12-19)16-31-24(35)22-8-4-14-33(22)25(36)18-5-3-6-20(15-18)39(37,38)32-21-7-1-2-13-30-23(21)34/h9-12,18,20-22,32H,1-8,13-16H2,(H,30,34)(H,31,35)/t18-,20?,21?,22+/m0/s1. The van der Waals surface area contributed by atoms with E-state index in [0.29, 0.717) is 57.2 Å². The maximum Gasteiger partial charge on any atom is 0.416 e. The summed E-state index contributed by atoms with van der Waals surface area (Å²) in [6.45, 7) is 0.928. The second-order valence-corrected chi connectivity index (χ2v) is 12.6. The van der Waals surface area contributed by atoms with E-state index in [0.717, 1.165) is 25.0 Å². The number of hydrogen-bond donors (Lipinski definition) is 3. The highest BCUT2D eigenvalue weighted by Gasteiger charge is 2.42. The van der Waals surface area contributed by atoms with Crippen LogP contribution in [0.15, 0.2) is 24.3 Å². The van der Waals surface area contributed by atoms with E-state index in [1.165, 1.54) is 17.0 Å². The monoisotopic (exact) mass is 572 g/mol. The first-order valence-electron chi connectivity index (χ1n) is 13.5. The molecule has 1 aliphatic carbocycles. The molecular formula is C26H35F3N4O5S. The third kappa shape index (κ3) is 7.30. The van der Waals surface area contributed by atoms with Crippen molar-refractivity contribution in [1.82, 2.24) is 20.3 Å². The first kappa shape index (κ1) is 29.3. The van der Waals surface area contributed by atoms with Gasteiger partial charge in [0.1, 0.15) is 12.1 Å². The number of carbonyl (C=O) groups is 3. The van der Waals surface area contributed by atoms with Crippen molar-refractivity contribution in [2.75, 3.05) is 13.1 Å². The second-order valence-electron chi connectivity index (χ2n) is 10.6. The normalized spacial score (nSPS) is 26.5. The van der Waals surface area contributed by atoms with E-state index in [9.17, 15) is 36.0 Å². The van der Waals surface area contributed by atoms with Gasteiger partial charge in [-0.2, -0.15) is 13.2 Å². The number of carbonyl (C=O) groups excluding carboxylic acids is 3. The minimum Gasteiger partial charge on any atom is -0.355 e. The van der Waals surface area contributed by atoms with E-state index in [4.69, 9.17) is 0 Å². The van der Waals surface area contributed by atoms with Crippen LogP contribution >= 0.6 is 0 Å². The largest absolute Gasteiger partial charge is 0.416 e. The number of alkyl halides is 3. The lowest BCUT2D eigenvalue weighted by Gasteiger charge is -2.33. The molecule has 1 aromatic rings. The van der Waals surface area contributed by atoms with Gasteiger partial charge in [-0.3, -0.25) is 14.4 Å². The van der Waals surface area contributed by atoms with Crippen LogP contribution in [0, 0.1) is 5.92 Å². The molecule has 3 fully saturated rings. The topological polar surface area (TPSA) is 125 Å². The van der Waals surface area contributed by atoms with Crippen LogP contribution in [0.5, 0.6) is 0 Å². The third-order valence-electron chi connectivity index (χ3n) is 7.84.